The second-order valence-corrected chi connectivity index (χ2v) is 4.52. The minimum atomic E-state index is 0.363. The van der Waals surface area contributed by atoms with E-state index < -0.39 is 0 Å². The van der Waals surface area contributed by atoms with Crippen LogP contribution in [0.15, 0.2) is 41.1 Å². The fourth-order valence-electron chi connectivity index (χ4n) is 2.22. The lowest BCUT2D eigenvalue weighted by atomic mass is 10.1. The Morgan fingerprint density at radius 2 is 2.20 bits per heavy atom. The average molecular weight is 271 g/mol. The lowest BCUT2D eigenvalue weighted by Gasteiger charge is -2.03. The molecule has 0 bridgehead atoms. The number of fused-ring (bicyclic) bond motifs is 1. The van der Waals surface area contributed by atoms with Gasteiger partial charge >= 0.3 is 0 Å². The first kappa shape index (κ1) is 12.7. The molecule has 0 saturated heterocycles. The van der Waals surface area contributed by atoms with Crippen LogP contribution in [-0.4, -0.2) is 9.78 Å². The number of aryl methyl sites for hydroxylation is 1. The predicted octanol–water partition coefficient (Wildman–Crippen LogP) is 2.69. The maximum Gasteiger partial charge on any atom is 0.157 e. The van der Waals surface area contributed by atoms with Crippen molar-refractivity contribution in [3.05, 3.63) is 48.0 Å². The Labute approximate surface area is 116 Å². The van der Waals surface area contributed by atoms with E-state index in [2.05, 4.69) is 5.10 Å². The molecule has 20 heavy (non-hydrogen) atoms. The van der Waals surface area contributed by atoms with Gasteiger partial charge in [0, 0.05) is 17.5 Å². The van der Waals surface area contributed by atoms with E-state index in [0.29, 0.717) is 13.2 Å². The molecule has 104 valence electrons. The number of aromatic nitrogens is 2. The molecule has 0 radical (unpaired) electrons. The van der Waals surface area contributed by atoms with E-state index in [1.54, 1.807) is 6.20 Å². The maximum absolute atomic E-state index is 5.78. The number of ether oxygens (including phenoxy) is 1. The first-order chi connectivity index (χ1) is 9.81. The first-order valence-electron chi connectivity index (χ1n) is 6.66. The zero-order valence-electron chi connectivity index (χ0n) is 11.4. The lowest BCUT2D eigenvalue weighted by molar-refractivity contribution is 0.303. The summed E-state index contributed by atoms with van der Waals surface area (Å²) < 4.78 is 13.3. The SMILES string of the molecule is CCn1cc(OCc2c(CN)oc3ccccc23)cn1. The fourth-order valence-corrected chi connectivity index (χ4v) is 2.22. The fraction of sp³-hybridized carbons (Fsp3) is 0.267. The predicted molar refractivity (Wildman–Crippen MR) is 76.3 cm³/mol. The van der Waals surface area contributed by atoms with Crippen molar-refractivity contribution in [2.24, 2.45) is 5.73 Å². The van der Waals surface area contributed by atoms with Crippen LogP contribution in [0.2, 0.25) is 0 Å². The van der Waals surface area contributed by atoms with E-state index in [9.17, 15) is 0 Å². The second kappa shape index (κ2) is 5.38. The van der Waals surface area contributed by atoms with Crippen LogP contribution in [0.3, 0.4) is 0 Å². The molecule has 5 heteroatoms. The Balaban J connectivity index is 1.86. The van der Waals surface area contributed by atoms with Crippen molar-refractivity contribution in [3.63, 3.8) is 0 Å². The number of benzene rings is 1. The van der Waals surface area contributed by atoms with Crippen molar-refractivity contribution in [2.75, 3.05) is 0 Å². The number of furan rings is 1. The third-order valence-corrected chi connectivity index (χ3v) is 3.28. The van der Waals surface area contributed by atoms with Crippen molar-refractivity contribution in [1.29, 1.82) is 0 Å². The van der Waals surface area contributed by atoms with E-state index in [0.717, 1.165) is 34.6 Å². The van der Waals surface area contributed by atoms with Crippen molar-refractivity contribution in [1.82, 2.24) is 9.78 Å². The van der Waals surface area contributed by atoms with E-state index in [-0.39, 0.29) is 0 Å². The lowest BCUT2D eigenvalue weighted by Crippen LogP contribution is -2.02. The highest BCUT2D eigenvalue weighted by molar-refractivity contribution is 5.82. The smallest absolute Gasteiger partial charge is 0.157 e. The molecule has 5 nitrogen and oxygen atoms in total. The quantitative estimate of drug-likeness (QED) is 0.774. The molecule has 0 fully saturated rings. The number of para-hydroxylation sites is 1. The van der Waals surface area contributed by atoms with Crippen LogP contribution in [0.25, 0.3) is 11.0 Å². The van der Waals surface area contributed by atoms with E-state index in [4.69, 9.17) is 14.9 Å². The normalized spacial score (nSPS) is 11.1. The molecule has 0 spiro atoms. The zero-order valence-corrected chi connectivity index (χ0v) is 11.4. The molecule has 0 unspecified atom stereocenters. The number of rotatable bonds is 5. The summed E-state index contributed by atoms with van der Waals surface area (Å²) in [5.41, 5.74) is 7.59. The third-order valence-electron chi connectivity index (χ3n) is 3.28. The van der Waals surface area contributed by atoms with Gasteiger partial charge in [0.1, 0.15) is 18.0 Å². The van der Waals surface area contributed by atoms with Crippen molar-refractivity contribution >= 4 is 11.0 Å². The van der Waals surface area contributed by atoms with Gasteiger partial charge in [0.05, 0.1) is 18.9 Å². The molecule has 0 saturated carbocycles. The summed E-state index contributed by atoms with van der Waals surface area (Å²) in [6.07, 6.45) is 3.60. The highest BCUT2D eigenvalue weighted by Crippen LogP contribution is 2.26. The van der Waals surface area contributed by atoms with Crippen LogP contribution in [0, 0.1) is 0 Å². The van der Waals surface area contributed by atoms with Crippen LogP contribution >= 0.6 is 0 Å². The molecule has 3 aromatic rings. The Hall–Kier alpha value is -2.27. The van der Waals surface area contributed by atoms with E-state index in [1.165, 1.54) is 0 Å². The number of nitrogens with two attached hydrogens (primary N) is 1. The molecule has 2 aromatic heterocycles. The topological polar surface area (TPSA) is 66.2 Å². The molecular weight excluding hydrogens is 254 g/mol. The van der Waals surface area contributed by atoms with Gasteiger partial charge in [-0.05, 0) is 13.0 Å². The summed E-state index contributed by atoms with van der Waals surface area (Å²) >= 11 is 0. The first-order valence-corrected chi connectivity index (χ1v) is 6.66. The summed E-state index contributed by atoms with van der Waals surface area (Å²) in [6.45, 7) is 3.65. The molecule has 0 atom stereocenters. The van der Waals surface area contributed by atoms with Crippen LogP contribution in [-0.2, 0) is 19.7 Å². The van der Waals surface area contributed by atoms with Crippen molar-refractivity contribution < 1.29 is 9.15 Å². The molecule has 0 aliphatic rings. The molecule has 0 aliphatic heterocycles. The highest BCUT2D eigenvalue weighted by Gasteiger charge is 2.13. The Bertz CT molecular complexity index is 715. The summed E-state index contributed by atoms with van der Waals surface area (Å²) in [5.74, 6) is 1.52. The molecule has 3 rings (SSSR count). The van der Waals surface area contributed by atoms with Gasteiger partial charge in [0.2, 0.25) is 0 Å². The minimum absolute atomic E-state index is 0.363. The number of nitrogens with zero attached hydrogens (tertiary/aromatic N) is 2. The van der Waals surface area contributed by atoms with Gasteiger partial charge in [-0.15, -0.1) is 0 Å². The highest BCUT2D eigenvalue weighted by atomic mass is 16.5. The Kier molecular flexibility index (Phi) is 3.43. The Morgan fingerprint density at radius 1 is 1.35 bits per heavy atom. The summed E-state index contributed by atoms with van der Waals surface area (Å²) in [5, 5.41) is 5.23. The molecule has 0 amide bonds. The summed E-state index contributed by atoms with van der Waals surface area (Å²) in [4.78, 5) is 0. The zero-order chi connectivity index (χ0) is 13.9. The molecular formula is C15H17N3O2. The van der Waals surface area contributed by atoms with E-state index in [1.807, 2.05) is 42.1 Å². The summed E-state index contributed by atoms with van der Waals surface area (Å²) in [7, 11) is 0. The summed E-state index contributed by atoms with van der Waals surface area (Å²) in [6, 6.07) is 7.89. The Morgan fingerprint density at radius 3 is 2.95 bits per heavy atom. The average Bonchev–Trinajstić information content (AvgIpc) is 3.08. The van der Waals surface area contributed by atoms with Gasteiger partial charge in [0.25, 0.3) is 0 Å². The van der Waals surface area contributed by atoms with E-state index >= 15 is 0 Å². The van der Waals surface area contributed by atoms with Gasteiger partial charge in [-0.25, -0.2) is 0 Å². The van der Waals surface area contributed by atoms with Gasteiger partial charge in [-0.3, -0.25) is 4.68 Å². The number of hydrogen-bond acceptors (Lipinski definition) is 4. The van der Waals surface area contributed by atoms with Gasteiger partial charge in [0.15, 0.2) is 5.75 Å². The van der Waals surface area contributed by atoms with Crippen molar-refractivity contribution in [2.45, 2.75) is 26.6 Å². The minimum Gasteiger partial charge on any atom is -0.485 e. The van der Waals surface area contributed by atoms with Gasteiger partial charge < -0.3 is 14.9 Å². The van der Waals surface area contributed by atoms with Crippen LogP contribution in [0.1, 0.15) is 18.2 Å². The van der Waals surface area contributed by atoms with Gasteiger partial charge in [-0.2, -0.15) is 5.10 Å². The van der Waals surface area contributed by atoms with Crippen molar-refractivity contribution in [3.8, 4) is 5.75 Å². The molecule has 2 N–H and O–H groups in total. The second-order valence-electron chi connectivity index (χ2n) is 4.52. The molecule has 0 aliphatic carbocycles. The van der Waals surface area contributed by atoms with Gasteiger partial charge in [-0.1, -0.05) is 18.2 Å². The molecule has 1 aromatic carbocycles. The maximum atomic E-state index is 5.78. The van der Waals surface area contributed by atoms with Crippen LogP contribution < -0.4 is 10.5 Å². The molecule has 2 heterocycles. The van der Waals surface area contributed by atoms with Crippen LogP contribution in [0.4, 0.5) is 0 Å². The van der Waals surface area contributed by atoms with Crippen LogP contribution in [0.5, 0.6) is 5.75 Å². The standard InChI is InChI=1S/C15H17N3O2/c1-2-18-9-11(8-17-18)19-10-13-12-5-3-4-6-14(12)20-15(13)7-16/h3-6,8-9H,2,7,10,16H2,1H3. The number of hydrogen-bond donors (Lipinski definition) is 1. The third kappa shape index (κ3) is 2.28. The largest absolute Gasteiger partial charge is 0.485 e. The monoisotopic (exact) mass is 271 g/mol.